The molecule has 0 aromatic heterocycles. The van der Waals surface area contributed by atoms with E-state index in [1.54, 1.807) is 30.3 Å². The second-order valence-electron chi connectivity index (χ2n) is 9.33. The third kappa shape index (κ3) is 4.16. The highest BCUT2D eigenvalue weighted by Crippen LogP contribution is 2.46. The van der Waals surface area contributed by atoms with Crippen molar-refractivity contribution in [3.05, 3.63) is 53.6 Å². The average molecular weight is 472 g/mol. The molecule has 33 heavy (non-hydrogen) atoms. The Morgan fingerprint density at radius 3 is 2.42 bits per heavy atom. The van der Waals surface area contributed by atoms with Crippen LogP contribution in [0.5, 0.6) is 0 Å². The number of hydrogen-bond donors (Lipinski definition) is 2. The van der Waals surface area contributed by atoms with Gasteiger partial charge in [0.25, 0.3) is 5.91 Å². The summed E-state index contributed by atoms with van der Waals surface area (Å²) in [7, 11) is -2.32. The summed E-state index contributed by atoms with van der Waals surface area (Å²) in [6, 6.07) is 11.5. The topological polar surface area (TPSA) is 105 Å². The zero-order valence-electron chi connectivity index (χ0n) is 19.3. The number of fused-ring (bicyclic) bond motifs is 1. The molecule has 0 bridgehead atoms. The fourth-order valence-corrected chi connectivity index (χ4v) is 5.10. The Morgan fingerprint density at radius 2 is 1.76 bits per heavy atom. The third-order valence-electron chi connectivity index (χ3n) is 6.58. The first-order valence-corrected chi connectivity index (χ1v) is 12.4. The normalized spacial score (nSPS) is 19.3. The number of sulfonamides is 1. The predicted molar refractivity (Wildman–Crippen MR) is 125 cm³/mol. The molecule has 4 rings (SSSR count). The Hall–Kier alpha value is -2.75. The van der Waals surface area contributed by atoms with Gasteiger partial charge in [0, 0.05) is 24.3 Å². The van der Waals surface area contributed by atoms with Crippen molar-refractivity contribution in [3.63, 3.8) is 0 Å². The van der Waals surface area contributed by atoms with Gasteiger partial charge in [0.2, 0.25) is 15.9 Å². The van der Waals surface area contributed by atoms with Gasteiger partial charge < -0.3 is 10.1 Å². The zero-order chi connectivity index (χ0) is 24.0. The highest BCUT2D eigenvalue weighted by Gasteiger charge is 2.45. The van der Waals surface area contributed by atoms with Crippen molar-refractivity contribution in [3.8, 4) is 0 Å². The summed E-state index contributed by atoms with van der Waals surface area (Å²) in [5.74, 6) is -0.378. The van der Waals surface area contributed by atoms with E-state index in [-0.39, 0.29) is 22.2 Å². The average Bonchev–Trinajstić information content (AvgIpc) is 2.99. The van der Waals surface area contributed by atoms with Crippen molar-refractivity contribution >= 4 is 33.2 Å². The van der Waals surface area contributed by atoms with E-state index in [1.165, 1.54) is 24.1 Å². The molecular weight excluding hydrogens is 442 g/mol. The van der Waals surface area contributed by atoms with Crippen LogP contribution in [-0.4, -0.2) is 46.0 Å². The van der Waals surface area contributed by atoms with Crippen molar-refractivity contribution in [2.24, 2.45) is 0 Å². The number of ether oxygens (including phenoxy) is 1. The Bertz CT molecular complexity index is 1220. The van der Waals surface area contributed by atoms with E-state index in [0.717, 1.165) is 18.4 Å². The van der Waals surface area contributed by atoms with Crippen LogP contribution in [0.1, 0.15) is 49.5 Å². The summed E-state index contributed by atoms with van der Waals surface area (Å²) in [5.41, 5.74) is 1.08. The van der Waals surface area contributed by atoms with Gasteiger partial charge >= 0.3 is 0 Å². The second-order valence-corrected chi connectivity index (χ2v) is 11.2. The molecule has 176 valence electrons. The van der Waals surface area contributed by atoms with E-state index in [4.69, 9.17) is 4.74 Å². The summed E-state index contributed by atoms with van der Waals surface area (Å²) < 4.78 is 32.2. The van der Waals surface area contributed by atoms with E-state index >= 15 is 0 Å². The lowest BCUT2D eigenvalue weighted by Crippen LogP contribution is -2.49. The van der Waals surface area contributed by atoms with Gasteiger partial charge in [0.1, 0.15) is 0 Å². The van der Waals surface area contributed by atoms with Gasteiger partial charge in [-0.3, -0.25) is 14.5 Å². The smallest absolute Gasteiger partial charge is 0.251 e. The molecule has 2 aliphatic rings. The number of carbonyl (C=O) groups excluding carboxylic acids is 2. The van der Waals surface area contributed by atoms with Crippen LogP contribution in [0.25, 0.3) is 0 Å². The second kappa shape index (κ2) is 8.23. The quantitative estimate of drug-likeness (QED) is 0.698. The molecule has 2 amide bonds. The molecule has 1 fully saturated rings. The minimum atomic E-state index is -3.66. The summed E-state index contributed by atoms with van der Waals surface area (Å²) in [6.07, 6.45) is 1.49. The number of carbonyl (C=O) groups is 2. The molecule has 0 radical (unpaired) electrons. The molecule has 0 unspecified atom stereocenters. The standard InChI is InChI=1S/C24H29N3O5S/c1-23(2)19-14-16(21(28)26-24(3)10-12-32-13-11-24)8-9-20(19)27(22(23)29)17-6-5-7-18(15-17)33(30,31)25-4/h5-9,14-15,25H,10-13H2,1-4H3,(H,26,28). The minimum Gasteiger partial charge on any atom is -0.381 e. The van der Waals surface area contributed by atoms with Crippen molar-refractivity contribution < 1.29 is 22.7 Å². The molecule has 2 aromatic carbocycles. The van der Waals surface area contributed by atoms with Crippen LogP contribution in [0.2, 0.25) is 0 Å². The van der Waals surface area contributed by atoms with Crippen LogP contribution in [-0.2, 0) is 25.0 Å². The summed E-state index contributed by atoms with van der Waals surface area (Å²) >= 11 is 0. The molecule has 8 nitrogen and oxygen atoms in total. The molecular formula is C24H29N3O5S. The lowest BCUT2D eigenvalue weighted by Gasteiger charge is -2.34. The van der Waals surface area contributed by atoms with Crippen molar-refractivity contribution in [2.75, 3.05) is 25.2 Å². The molecule has 9 heteroatoms. The maximum atomic E-state index is 13.4. The molecule has 2 aliphatic heterocycles. The highest BCUT2D eigenvalue weighted by atomic mass is 32.2. The number of amides is 2. The first-order chi connectivity index (χ1) is 15.5. The number of rotatable bonds is 5. The van der Waals surface area contributed by atoms with E-state index in [1.807, 2.05) is 20.8 Å². The summed E-state index contributed by atoms with van der Waals surface area (Å²) in [4.78, 5) is 28.0. The van der Waals surface area contributed by atoms with Crippen LogP contribution in [0.4, 0.5) is 11.4 Å². The van der Waals surface area contributed by atoms with Gasteiger partial charge in [-0.1, -0.05) is 6.07 Å². The first-order valence-electron chi connectivity index (χ1n) is 10.9. The zero-order valence-corrected chi connectivity index (χ0v) is 20.1. The maximum Gasteiger partial charge on any atom is 0.251 e. The van der Waals surface area contributed by atoms with Crippen molar-refractivity contribution in [1.29, 1.82) is 0 Å². The molecule has 2 aromatic rings. The summed E-state index contributed by atoms with van der Waals surface area (Å²) in [6.45, 7) is 6.86. The first kappa shape index (κ1) is 23.4. The van der Waals surface area contributed by atoms with Gasteiger partial charge in [-0.2, -0.15) is 0 Å². The van der Waals surface area contributed by atoms with E-state index < -0.39 is 15.4 Å². The van der Waals surface area contributed by atoms with Crippen molar-refractivity contribution in [1.82, 2.24) is 10.0 Å². The van der Waals surface area contributed by atoms with Crippen LogP contribution < -0.4 is 14.9 Å². The predicted octanol–water partition coefficient (Wildman–Crippen LogP) is 2.85. The summed E-state index contributed by atoms with van der Waals surface area (Å²) in [5, 5.41) is 3.12. The molecule has 2 heterocycles. The van der Waals surface area contributed by atoms with Gasteiger partial charge in [0.15, 0.2) is 0 Å². The Morgan fingerprint density at radius 1 is 1.06 bits per heavy atom. The lowest BCUT2D eigenvalue weighted by molar-refractivity contribution is -0.121. The number of nitrogens with one attached hydrogen (secondary N) is 2. The third-order valence-corrected chi connectivity index (χ3v) is 7.99. The van der Waals surface area contributed by atoms with Gasteiger partial charge in [-0.25, -0.2) is 13.1 Å². The molecule has 0 aliphatic carbocycles. The molecule has 1 saturated heterocycles. The fraction of sp³-hybridized carbons (Fsp3) is 0.417. The molecule has 0 spiro atoms. The number of benzene rings is 2. The monoisotopic (exact) mass is 471 g/mol. The van der Waals surface area contributed by atoms with Crippen molar-refractivity contribution in [2.45, 2.75) is 49.5 Å². The Labute approximate surface area is 194 Å². The van der Waals surface area contributed by atoms with Crippen LogP contribution in [0.3, 0.4) is 0 Å². The largest absolute Gasteiger partial charge is 0.381 e. The molecule has 2 N–H and O–H groups in total. The van der Waals surface area contributed by atoms with Gasteiger partial charge in [-0.15, -0.1) is 0 Å². The molecule has 0 atom stereocenters. The van der Waals surface area contributed by atoms with Crippen LogP contribution in [0, 0.1) is 0 Å². The maximum absolute atomic E-state index is 13.4. The fourth-order valence-electron chi connectivity index (χ4n) is 4.33. The van der Waals surface area contributed by atoms with Gasteiger partial charge in [-0.05, 0) is 82.6 Å². The van der Waals surface area contributed by atoms with Gasteiger partial charge in [0.05, 0.1) is 21.7 Å². The number of nitrogens with zero attached hydrogens (tertiary/aromatic N) is 1. The van der Waals surface area contributed by atoms with Crippen LogP contribution in [0.15, 0.2) is 47.4 Å². The highest BCUT2D eigenvalue weighted by molar-refractivity contribution is 7.89. The lowest BCUT2D eigenvalue weighted by atomic mass is 9.85. The van der Waals surface area contributed by atoms with Crippen LogP contribution >= 0.6 is 0 Å². The number of hydrogen-bond acceptors (Lipinski definition) is 5. The Kier molecular flexibility index (Phi) is 5.84. The molecule has 0 saturated carbocycles. The van der Waals surface area contributed by atoms with E-state index in [9.17, 15) is 18.0 Å². The van der Waals surface area contributed by atoms with E-state index in [2.05, 4.69) is 10.0 Å². The van der Waals surface area contributed by atoms with E-state index in [0.29, 0.717) is 30.2 Å². The number of anilines is 2. The minimum absolute atomic E-state index is 0.0715. The SMILES string of the molecule is CNS(=O)(=O)c1cccc(N2C(=O)C(C)(C)c3cc(C(=O)NC4(C)CCOCC4)ccc32)c1. The Balaban J connectivity index is 1.70.